The zero-order valence-corrected chi connectivity index (χ0v) is 14.0. The molecule has 0 aliphatic carbocycles. The van der Waals surface area contributed by atoms with Crippen LogP contribution in [0.1, 0.15) is 26.2 Å². The molecule has 120 valence electrons. The van der Waals surface area contributed by atoms with Crippen molar-refractivity contribution in [2.75, 3.05) is 25.4 Å². The molecule has 6 heteroatoms. The van der Waals surface area contributed by atoms with Gasteiger partial charge >= 0.3 is 0 Å². The number of hydrogen-bond donors (Lipinski definition) is 1. The summed E-state index contributed by atoms with van der Waals surface area (Å²) in [6.45, 7) is 4.51. The minimum atomic E-state index is -3.17. The number of piperidine rings is 1. The van der Waals surface area contributed by atoms with Crippen LogP contribution in [0.3, 0.4) is 0 Å². The predicted molar refractivity (Wildman–Crippen MR) is 87.1 cm³/mol. The van der Waals surface area contributed by atoms with Gasteiger partial charge in [0.2, 0.25) is 0 Å². The van der Waals surface area contributed by atoms with Crippen LogP contribution in [0.25, 0.3) is 0 Å². The Morgan fingerprint density at radius 2 is 1.81 bits per heavy atom. The summed E-state index contributed by atoms with van der Waals surface area (Å²) in [6.07, 6.45) is 2.93. The normalized spacial score (nSPS) is 16.2. The van der Waals surface area contributed by atoms with E-state index >= 15 is 0 Å². The third-order valence-electron chi connectivity index (χ3n) is 3.75. The van der Waals surface area contributed by atoms with Crippen molar-refractivity contribution in [3.63, 3.8) is 0 Å². The fourth-order valence-corrected chi connectivity index (χ4v) is 3.95. The molecule has 0 bridgehead atoms. The van der Waals surface area contributed by atoms with Crippen molar-refractivity contribution < 1.29 is 13.2 Å². The van der Waals surface area contributed by atoms with Gasteiger partial charge in [0, 0.05) is 0 Å². The standard InChI is InChI=1S/C15H23NO3S.ClH/c1-2-19-14-3-5-15(6-4-14)20(17,18)12-9-13-7-10-16-11-8-13;/h3-6,13,16H,2,7-12H2,1H3;1H. The van der Waals surface area contributed by atoms with E-state index in [0.29, 0.717) is 23.2 Å². The molecule has 0 unspecified atom stereocenters. The number of rotatable bonds is 6. The highest BCUT2D eigenvalue weighted by Crippen LogP contribution is 2.21. The molecule has 1 aromatic carbocycles. The van der Waals surface area contributed by atoms with E-state index in [1.54, 1.807) is 24.3 Å². The number of halogens is 1. The first kappa shape index (κ1) is 18.3. The molecule has 1 aliphatic heterocycles. The van der Waals surface area contributed by atoms with Gasteiger partial charge in [-0.25, -0.2) is 8.42 Å². The van der Waals surface area contributed by atoms with Crippen molar-refractivity contribution in [2.24, 2.45) is 5.92 Å². The van der Waals surface area contributed by atoms with Crippen molar-refractivity contribution in [2.45, 2.75) is 31.1 Å². The summed E-state index contributed by atoms with van der Waals surface area (Å²) in [5.41, 5.74) is 0. The lowest BCUT2D eigenvalue weighted by atomic mass is 9.96. The summed E-state index contributed by atoms with van der Waals surface area (Å²) in [7, 11) is -3.17. The van der Waals surface area contributed by atoms with Crippen molar-refractivity contribution in [1.82, 2.24) is 5.32 Å². The maximum absolute atomic E-state index is 12.3. The van der Waals surface area contributed by atoms with Crippen LogP contribution >= 0.6 is 12.4 Å². The molecule has 1 aromatic rings. The van der Waals surface area contributed by atoms with E-state index in [1.165, 1.54) is 0 Å². The second-order valence-corrected chi connectivity index (χ2v) is 7.31. The van der Waals surface area contributed by atoms with Gasteiger partial charge in [0.25, 0.3) is 0 Å². The number of benzene rings is 1. The van der Waals surface area contributed by atoms with E-state index in [4.69, 9.17) is 4.74 Å². The molecular weight excluding hydrogens is 310 g/mol. The zero-order chi connectivity index (χ0) is 14.4. The average Bonchev–Trinajstić information content (AvgIpc) is 2.47. The third kappa shape index (κ3) is 5.49. The van der Waals surface area contributed by atoms with Gasteiger partial charge in [-0.15, -0.1) is 12.4 Å². The molecule has 1 fully saturated rings. The number of nitrogens with one attached hydrogen (secondary N) is 1. The average molecular weight is 334 g/mol. The lowest BCUT2D eigenvalue weighted by Gasteiger charge is -2.22. The van der Waals surface area contributed by atoms with Gasteiger partial charge in [-0.05, 0) is 69.5 Å². The minimum Gasteiger partial charge on any atom is -0.494 e. The second kappa shape index (κ2) is 8.61. The molecule has 1 N–H and O–H groups in total. The lowest BCUT2D eigenvalue weighted by Crippen LogP contribution is -2.28. The van der Waals surface area contributed by atoms with E-state index < -0.39 is 9.84 Å². The van der Waals surface area contributed by atoms with Gasteiger partial charge in [0.1, 0.15) is 5.75 Å². The Kier molecular flexibility index (Phi) is 7.49. The van der Waals surface area contributed by atoms with E-state index in [2.05, 4.69) is 5.32 Å². The summed E-state index contributed by atoms with van der Waals surface area (Å²) in [5, 5.41) is 3.30. The third-order valence-corrected chi connectivity index (χ3v) is 5.51. The Balaban J connectivity index is 0.00000220. The van der Waals surface area contributed by atoms with Crippen LogP contribution in [0.2, 0.25) is 0 Å². The Labute approximate surface area is 133 Å². The minimum absolute atomic E-state index is 0. The number of sulfone groups is 1. The summed E-state index contributed by atoms with van der Waals surface area (Å²) >= 11 is 0. The number of ether oxygens (including phenoxy) is 1. The van der Waals surface area contributed by atoms with Crippen molar-refractivity contribution >= 4 is 22.2 Å². The topological polar surface area (TPSA) is 55.4 Å². The largest absolute Gasteiger partial charge is 0.494 e. The summed E-state index contributed by atoms with van der Waals surface area (Å²) in [4.78, 5) is 0.398. The predicted octanol–water partition coefficient (Wildman–Crippen LogP) is 2.67. The summed E-state index contributed by atoms with van der Waals surface area (Å²) in [5.74, 6) is 1.49. The molecule has 1 saturated heterocycles. The Morgan fingerprint density at radius 1 is 1.19 bits per heavy atom. The summed E-state index contributed by atoms with van der Waals surface area (Å²) < 4.78 is 29.9. The SMILES string of the molecule is CCOc1ccc(S(=O)(=O)CCC2CCNCC2)cc1.Cl. The van der Waals surface area contributed by atoms with Crippen LogP contribution in [0.15, 0.2) is 29.2 Å². The highest BCUT2D eigenvalue weighted by molar-refractivity contribution is 7.91. The van der Waals surface area contributed by atoms with E-state index in [-0.39, 0.29) is 18.2 Å². The van der Waals surface area contributed by atoms with Crippen molar-refractivity contribution in [3.8, 4) is 5.75 Å². The van der Waals surface area contributed by atoms with Crippen molar-refractivity contribution in [3.05, 3.63) is 24.3 Å². The first-order chi connectivity index (χ1) is 9.62. The highest BCUT2D eigenvalue weighted by atomic mass is 35.5. The van der Waals surface area contributed by atoms with Gasteiger partial charge < -0.3 is 10.1 Å². The molecule has 0 radical (unpaired) electrons. The summed E-state index contributed by atoms with van der Waals surface area (Å²) in [6, 6.07) is 6.73. The molecule has 0 aromatic heterocycles. The molecular formula is C15H24ClNO3S. The van der Waals surface area contributed by atoms with Gasteiger partial charge in [-0.1, -0.05) is 0 Å². The molecule has 0 amide bonds. The van der Waals surface area contributed by atoms with Crippen LogP contribution in [0, 0.1) is 5.92 Å². The smallest absolute Gasteiger partial charge is 0.178 e. The molecule has 0 atom stereocenters. The van der Waals surface area contributed by atoms with E-state index in [0.717, 1.165) is 32.4 Å². The molecule has 21 heavy (non-hydrogen) atoms. The van der Waals surface area contributed by atoms with Crippen LogP contribution in [0.5, 0.6) is 5.75 Å². The van der Waals surface area contributed by atoms with Crippen LogP contribution in [-0.2, 0) is 9.84 Å². The quantitative estimate of drug-likeness (QED) is 0.869. The molecule has 1 heterocycles. The Morgan fingerprint density at radius 3 is 2.38 bits per heavy atom. The van der Waals surface area contributed by atoms with Crippen molar-refractivity contribution in [1.29, 1.82) is 0 Å². The van der Waals surface area contributed by atoms with Gasteiger partial charge in [-0.2, -0.15) is 0 Å². The first-order valence-corrected chi connectivity index (χ1v) is 8.93. The maximum Gasteiger partial charge on any atom is 0.178 e. The molecule has 2 rings (SSSR count). The Hall–Kier alpha value is -0.780. The number of hydrogen-bond acceptors (Lipinski definition) is 4. The van der Waals surface area contributed by atoms with Crippen LogP contribution < -0.4 is 10.1 Å². The first-order valence-electron chi connectivity index (χ1n) is 7.28. The fourth-order valence-electron chi connectivity index (χ4n) is 2.52. The highest BCUT2D eigenvalue weighted by Gasteiger charge is 2.19. The molecule has 1 aliphatic rings. The second-order valence-electron chi connectivity index (χ2n) is 5.21. The van der Waals surface area contributed by atoms with E-state index in [1.807, 2.05) is 6.92 Å². The molecule has 4 nitrogen and oxygen atoms in total. The van der Waals surface area contributed by atoms with Gasteiger partial charge in [-0.3, -0.25) is 0 Å². The maximum atomic E-state index is 12.3. The van der Waals surface area contributed by atoms with E-state index in [9.17, 15) is 8.42 Å². The van der Waals surface area contributed by atoms with Crippen LogP contribution in [0.4, 0.5) is 0 Å². The van der Waals surface area contributed by atoms with Gasteiger partial charge in [0.05, 0.1) is 17.3 Å². The fraction of sp³-hybridized carbons (Fsp3) is 0.600. The molecule has 0 saturated carbocycles. The zero-order valence-electron chi connectivity index (χ0n) is 12.4. The lowest BCUT2D eigenvalue weighted by molar-refractivity contribution is 0.340. The Bertz CT molecular complexity index is 510. The van der Waals surface area contributed by atoms with Gasteiger partial charge in [0.15, 0.2) is 9.84 Å². The van der Waals surface area contributed by atoms with Crippen LogP contribution in [-0.4, -0.2) is 33.9 Å². The monoisotopic (exact) mass is 333 g/mol. The molecule has 0 spiro atoms.